The Morgan fingerprint density at radius 2 is 2.17 bits per heavy atom. The summed E-state index contributed by atoms with van der Waals surface area (Å²) in [6, 6.07) is 2.24. The van der Waals surface area contributed by atoms with Gasteiger partial charge in [-0.1, -0.05) is 0 Å². The van der Waals surface area contributed by atoms with E-state index in [4.69, 9.17) is 10.5 Å². The van der Waals surface area contributed by atoms with Gasteiger partial charge in [-0.3, -0.25) is 0 Å². The van der Waals surface area contributed by atoms with Gasteiger partial charge in [-0.2, -0.15) is 13.2 Å². The van der Waals surface area contributed by atoms with E-state index in [-0.39, 0.29) is 17.9 Å². The molecule has 1 heterocycles. The molecule has 0 amide bonds. The largest absolute Gasteiger partial charge is 0.474 e. The zero-order valence-corrected chi connectivity index (χ0v) is 9.78. The van der Waals surface area contributed by atoms with Crippen molar-refractivity contribution in [2.24, 2.45) is 11.7 Å². The fourth-order valence-corrected chi connectivity index (χ4v) is 2.27. The molecule has 1 aliphatic carbocycles. The summed E-state index contributed by atoms with van der Waals surface area (Å²) in [6.45, 7) is 0.429. The molecular weight excluding hydrogens is 245 g/mol. The highest BCUT2D eigenvalue weighted by molar-refractivity contribution is 5.28. The number of ether oxygens (including phenoxy) is 1. The summed E-state index contributed by atoms with van der Waals surface area (Å²) < 4.78 is 43.7. The van der Waals surface area contributed by atoms with Crippen molar-refractivity contribution < 1.29 is 17.9 Å². The number of nitrogens with two attached hydrogens (primary N) is 1. The maximum Gasteiger partial charge on any atom is 0.421 e. The zero-order chi connectivity index (χ0) is 13.2. The molecule has 0 bridgehead atoms. The Kier molecular flexibility index (Phi) is 3.75. The van der Waals surface area contributed by atoms with Crippen molar-refractivity contribution in [3.8, 4) is 5.88 Å². The summed E-state index contributed by atoms with van der Waals surface area (Å²) in [7, 11) is 0. The third kappa shape index (κ3) is 2.75. The Morgan fingerprint density at radius 1 is 1.39 bits per heavy atom. The fourth-order valence-electron chi connectivity index (χ4n) is 2.27. The first-order valence-electron chi connectivity index (χ1n) is 5.91. The summed E-state index contributed by atoms with van der Waals surface area (Å²) in [5.74, 6) is -0.219. The molecule has 3 nitrogen and oxygen atoms in total. The van der Waals surface area contributed by atoms with Crippen LogP contribution in [0, 0.1) is 5.92 Å². The lowest BCUT2D eigenvalue weighted by atomic mass is 10.1. The molecule has 1 aliphatic rings. The van der Waals surface area contributed by atoms with E-state index in [9.17, 15) is 13.2 Å². The van der Waals surface area contributed by atoms with E-state index in [2.05, 4.69) is 4.98 Å². The van der Waals surface area contributed by atoms with E-state index < -0.39 is 11.7 Å². The molecule has 2 rings (SSSR count). The molecule has 2 N–H and O–H groups in total. The number of rotatable bonds is 3. The number of nitrogens with zero attached hydrogens (tertiary/aromatic N) is 1. The van der Waals surface area contributed by atoms with E-state index in [0.29, 0.717) is 6.54 Å². The number of hydrogen-bond acceptors (Lipinski definition) is 3. The standard InChI is InChI=1S/C12H15F3N2O/c13-12(14,15)9-4-2-6-17-11(9)18-10-5-1-3-8(10)7-16/h2,4,6,8,10H,1,3,5,7,16H2. The van der Waals surface area contributed by atoms with Crippen molar-refractivity contribution in [2.75, 3.05) is 6.54 Å². The SMILES string of the molecule is NCC1CCCC1Oc1ncccc1C(F)(F)F. The second-order valence-electron chi connectivity index (χ2n) is 4.44. The predicted molar refractivity (Wildman–Crippen MR) is 60.1 cm³/mol. The van der Waals surface area contributed by atoms with E-state index >= 15 is 0 Å². The smallest absolute Gasteiger partial charge is 0.421 e. The van der Waals surface area contributed by atoms with Gasteiger partial charge in [-0.05, 0) is 37.9 Å². The molecule has 1 fully saturated rings. The molecule has 18 heavy (non-hydrogen) atoms. The monoisotopic (exact) mass is 260 g/mol. The van der Waals surface area contributed by atoms with Gasteiger partial charge in [0.05, 0.1) is 0 Å². The van der Waals surface area contributed by atoms with Gasteiger partial charge in [0.2, 0.25) is 5.88 Å². The summed E-state index contributed by atoms with van der Waals surface area (Å²) in [4.78, 5) is 3.69. The van der Waals surface area contributed by atoms with Crippen LogP contribution in [0.25, 0.3) is 0 Å². The first kappa shape index (κ1) is 13.1. The highest BCUT2D eigenvalue weighted by atomic mass is 19.4. The maximum absolute atomic E-state index is 12.8. The van der Waals surface area contributed by atoms with Gasteiger partial charge < -0.3 is 10.5 Å². The highest BCUT2D eigenvalue weighted by Crippen LogP contribution is 2.37. The summed E-state index contributed by atoms with van der Waals surface area (Å²) in [6.07, 6.45) is -0.838. The zero-order valence-electron chi connectivity index (χ0n) is 9.78. The molecule has 1 saturated carbocycles. The Hall–Kier alpha value is -1.30. The minimum atomic E-state index is -4.44. The van der Waals surface area contributed by atoms with E-state index in [1.807, 2.05) is 0 Å². The Balaban J connectivity index is 2.19. The van der Waals surface area contributed by atoms with Crippen molar-refractivity contribution >= 4 is 0 Å². The van der Waals surface area contributed by atoms with Crippen molar-refractivity contribution in [3.05, 3.63) is 23.9 Å². The number of pyridine rings is 1. The quantitative estimate of drug-likeness (QED) is 0.908. The topological polar surface area (TPSA) is 48.1 Å². The predicted octanol–water partition coefficient (Wildman–Crippen LogP) is 2.61. The Bertz CT molecular complexity index is 409. The summed E-state index contributed by atoms with van der Waals surface area (Å²) in [5.41, 5.74) is 4.75. The van der Waals surface area contributed by atoms with Crippen LogP contribution in [0.4, 0.5) is 13.2 Å². The third-order valence-corrected chi connectivity index (χ3v) is 3.23. The van der Waals surface area contributed by atoms with Crippen LogP contribution in [0.2, 0.25) is 0 Å². The highest BCUT2D eigenvalue weighted by Gasteiger charge is 2.37. The number of alkyl halides is 3. The van der Waals surface area contributed by atoms with Crippen LogP contribution in [-0.2, 0) is 6.18 Å². The van der Waals surface area contributed by atoms with Crippen molar-refractivity contribution in [1.82, 2.24) is 4.98 Å². The van der Waals surface area contributed by atoms with E-state index in [1.54, 1.807) is 0 Å². The lowest BCUT2D eigenvalue weighted by molar-refractivity contribution is -0.139. The van der Waals surface area contributed by atoms with Crippen molar-refractivity contribution in [2.45, 2.75) is 31.5 Å². The first-order valence-corrected chi connectivity index (χ1v) is 5.91. The molecule has 1 aromatic heterocycles. The van der Waals surface area contributed by atoms with Crippen LogP contribution < -0.4 is 10.5 Å². The van der Waals surface area contributed by atoms with Crippen LogP contribution in [0.3, 0.4) is 0 Å². The molecule has 0 saturated heterocycles. The summed E-state index contributed by atoms with van der Waals surface area (Å²) >= 11 is 0. The molecule has 6 heteroatoms. The van der Waals surface area contributed by atoms with Gasteiger partial charge in [0.15, 0.2) is 0 Å². The number of hydrogen-bond donors (Lipinski definition) is 1. The van der Waals surface area contributed by atoms with E-state index in [1.165, 1.54) is 12.3 Å². The first-order chi connectivity index (χ1) is 8.52. The van der Waals surface area contributed by atoms with Gasteiger partial charge in [-0.15, -0.1) is 0 Å². The fraction of sp³-hybridized carbons (Fsp3) is 0.583. The maximum atomic E-state index is 12.8. The Morgan fingerprint density at radius 3 is 2.83 bits per heavy atom. The van der Waals surface area contributed by atoms with Crippen LogP contribution in [0.15, 0.2) is 18.3 Å². The van der Waals surface area contributed by atoms with Gasteiger partial charge in [0.25, 0.3) is 0 Å². The van der Waals surface area contributed by atoms with Crippen LogP contribution in [0.1, 0.15) is 24.8 Å². The number of halogens is 3. The molecule has 100 valence electrons. The second-order valence-corrected chi connectivity index (χ2v) is 4.44. The minimum absolute atomic E-state index is 0.119. The van der Waals surface area contributed by atoms with Crippen molar-refractivity contribution in [1.29, 1.82) is 0 Å². The molecule has 2 atom stereocenters. The van der Waals surface area contributed by atoms with Gasteiger partial charge in [-0.25, -0.2) is 4.98 Å². The van der Waals surface area contributed by atoms with Crippen LogP contribution in [0.5, 0.6) is 5.88 Å². The van der Waals surface area contributed by atoms with Crippen molar-refractivity contribution in [3.63, 3.8) is 0 Å². The second kappa shape index (κ2) is 5.14. The van der Waals surface area contributed by atoms with Crippen LogP contribution in [-0.4, -0.2) is 17.6 Å². The molecule has 0 spiro atoms. The normalized spacial score (nSPS) is 24.2. The van der Waals surface area contributed by atoms with Gasteiger partial charge in [0.1, 0.15) is 11.7 Å². The number of aromatic nitrogens is 1. The molecular formula is C12H15F3N2O. The minimum Gasteiger partial charge on any atom is -0.474 e. The van der Waals surface area contributed by atoms with Gasteiger partial charge >= 0.3 is 6.18 Å². The Labute approximate surface area is 103 Å². The third-order valence-electron chi connectivity index (χ3n) is 3.23. The molecule has 0 aromatic carbocycles. The average molecular weight is 260 g/mol. The average Bonchev–Trinajstić information content (AvgIpc) is 2.75. The molecule has 0 aliphatic heterocycles. The van der Waals surface area contributed by atoms with Gasteiger partial charge in [0, 0.05) is 12.1 Å². The lowest BCUT2D eigenvalue weighted by Gasteiger charge is -2.21. The van der Waals surface area contributed by atoms with Crippen LogP contribution >= 0.6 is 0 Å². The molecule has 2 unspecified atom stereocenters. The molecule has 1 aromatic rings. The molecule has 0 radical (unpaired) electrons. The summed E-state index contributed by atoms with van der Waals surface area (Å²) in [5, 5.41) is 0. The lowest BCUT2D eigenvalue weighted by Crippen LogP contribution is -2.28. The van der Waals surface area contributed by atoms with E-state index in [0.717, 1.165) is 25.3 Å².